The minimum Gasteiger partial charge on any atom is -0.367 e. The fourth-order valence-electron chi connectivity index (χ4n) is 3.74. The van der Waals surface area contributed by atoms with E-state index in [9.17, 15) is 18.5 Å². The highest BCUT2D eigenvalue weighted by atomic mass is 36.0. The first-order valence-corrected chi connectivity index (χ1v) is 16.5. The fourth-order valence-corrected chi connectivity index (χ4v) is 3.91. The predicted molar refractivity (Wildman–Crippen MR) is 160 cm³/mol. The number of likely N-dealkylation sites (N-methyl/N-ethyl adjacent to an activating group) is 1. The van der Waals surface area contributed by atoms with Crippen molar-refractivity contribution in [1.29, 1.82) is 5.26 Å². The van der Waals surface area contributed by atoms with Crippen molar-refractivity contribution in [3.05, 3.63) is 88.2 Å². The Hall–Kier alpha value is -2.83. The van der Waals surface area contributed by atoms with Crippen LogP contribution in [0.15, 0.2) is 60.7 Å². The van der Waals surface area contributed by atoms with Gasteiger partial charge >= 0.3 is 5.20 Å². The molecule has 0 aliphatic carbocycles. The molecule has 0 bridgehead atoms. The minimum atomic E-state index is -3.22. The molecule has 210 valence electrons. The van der Waals surface area contributed by atoms with Gasteiger partial charge < -0.3 is 20.4 Å². The van der Waals surface area contributed by atoms with E-state index in [2.05, 4.69) is 49.3 Å². The summed E-state index contributed by atoms with van der Waals surface area (Å²) >= 11 is 20.1. The molecular formula is C26H23Cl4FN5O3P. The number of hydrogen-bond acceptors (Lipinski definition) is 6. The number of carbonyl (C=O) groups excluding carboxylic acids is 2. The predicted octanol–water partition coefficient (Wildman–Crippen LogP) is 7.42. The average Bonchev–Trinajstić information content (AvgIpc) is 2.90. The maximum atomic E-state index is 14.8. The highest BCUT2D eigenvalue weighted by molar-refractivity contribution is 8.24. The first-order chi connectivity index (χ1) is 18.8. The van der Waals surface area contributed by atoms with Crippen LogP contribution in [0.3, 0.4) is 0 Å². The van der Waals surface area contributed by atoms with E-state index >= 15 is 0 Å². The first kappa shape index (κ1) is 31.7. The van der Waals surface area contributed by atoms with Crippen molar-refractivity contribution in [3.63, 3.8) is 0 Å². The van der Waals surface area contributed by atoms with E-state index in [1.165, 1.54) is 12.1 Å². The molecule has 3 aromatic rings. The normalized spacial score (nSPS) is 13.5. The molecular weight excluding hydrogens is 622 g/mol. The van der Waals surface area contributed by atoms with E-state index in [4.69, 9.17) is 16.9 Å². The molecule has 1 aliphatic heterocycles. The van der Waals surface area contributed by atoms with Gasteiger partial charge in [0.25, 0.3) is 11.8 Å². The molecule has 4 rings (SSSR count). The van der Waals surface area contributed by atoms with Crippen LogP contribution >= 0.6 is 50.5 Å². The summed E-state index contributed by atoms with van der Waals surface area (Å²) in [6, 6.07) is 17.3. The Kier molecular flexibility index (Phi) is 11.2. The zero-order valence-electron chi connectivity index (χ0n) is 21.0. The van der Waals surface area contributed by atoms with Crippen molar-refractivity contribution >= 4 is 79.4 Å². The van der Waals surface area contributed by atoms with Gasteiger partial charge in [0.2, 0.25) is 0 Å². The lowest BCUT2D eigenvalue weighted by molar-refractivity contribution is 0.101. The topological polar surface area (TPSA) is 106 Å². The highest BCUT2D eigenvalue weighted by Gasteiger charge is 2.19. The number of carbonyl (C=O) groups is 2. The van der Waals surface area contributed by atoms with Gasteiger partial charge in [-0.15, -0.1) is 0 Å². The van der Waals surface area contributed by atoms with Crippen molar-refractivity contribution < 1.29 is 18.5 Å². The van der Waals surface area contributed by atoms with Crippen molar-refractivity contribution in [1.82, 2.24) is 4.90 Å². The number of nitriles is 1. The number of nitrogens with zero attached hydrogens (tertiary/aromatic N) is 3. The molecule has 3 aromatic carbocycles. The third kappa shape index (κ3) is 9.67. The van der Waals surface area contributed by atoms with E-state index < -0.39 is 16.9 Å². The summed E-state index contributed by atoms with van der Waals surface area (Å²) in [5.41, 5.74) is 2.14. The molecule has 8 nitrogen and oxygen atoms in total. The summed E-state index contributed by atoms with van der Waals surface area (Å²) in [5, 5.41) is 11.3. The summed E-state index contributed by atoms with van der Waals surface area (Å²) in [4.78, 5) is 29.5. The van der Waals surface area contributed by atoms with Crippen LogP contribution < -0.4 is 15.5 Å². The van der Waals surface area contributed by atoms with Gasteiger partial charge in [-0.05, 0) is 101 Å². The molecule has 40 heavy (non-hydrogen) atoms. The van der Waals surface area contributed by atoms with Crippen molar-refractivity contribution in [3.8, 4) is 6.07 Å². The van der Waals surface area contributed by atoms with Gasteiger partial charge in [0, 0.05) is 43.0 Å². The average molecular weight is 645 g/mol. The molecule has 0 saturated carbocycles. The zero-order valence-corrected chi connectivity index (χ0v) is 24.9. The summed E-state index contributed by atoms with van der Waals surface area (Å²) in [5.74, 6) is -1.36. The van der Waals surface area contributed by atoms with E-state index in [0.717, 1.165) is 26.2 Å². The Morgan fingerprint density at radius 2 is 1.48 bits per heavy atom. The number of amides is 2. The molecule has 2 N–H and O–H groups in total. The quantitative estimate of drug-likeness (QED) is 0.280. The number of nitrogens with one attached hydrogen (secondary N) is 2. The second kappa shape index (κ2) is 14.2. The smallest absolute Gasteiger partial charge is 0.339 e. The van der Waals surface area contributed by atoms with Crippen LogP contribution in [-0.4, -0.2) is 49.9 Å². The summed E-state index contributed by atoms with van der Waals surface area (Å²) in [6.07, 6.45) is 0. The van der Waals surface area contributed by atoms with Gasteiger partial charge in [-0.3, -0.25) is 14.2 Å². The van der Waals surface area contributed by atoms with Crippen LogP contribution in [0.25, 0.3) is 0 Å². The molecule has 1 heterocycles. The lowest BCUT2D eigenvalue weighted by Crippen LogP contribution is -2.44. The zero-order chi connectivity index (χ0) is 29.4. The van der Waals surface area contributed by atoms with Gasteiger partial charge in [0.05, 0.1) is 28.0 Å². The number of benzene rings is 3. The van der Waals surface area contributed by atoms with Crippen LogP contribution in [0.5, 0.6) is 0 Å². The Bertz CT molecular complexity index is 1460. The van der Waals surface area contributed by atoms with E-state index in [1.54, 1.807) is 48.5 Å². The van der Waals surface area contributed by atoms with Crippen LogP contribution in [0.4, 0.5) is 21.5 Å². The summed E-state index contributed by atoms with van der Waals surface area (Å²) in [7, 11) is 2.03. The molecule has 0 unspecified atom stereocenters. The third-order valence-electron chi connectivity index (χ3n) is 5.80. The summed E-state index contributed by atoms with van der Waals surface area (Å²) < 4.78 is 24.3. The van der Waals surface area contributed by atoms with Crippen LogP contribution in [-0.2, 0) is 4.57 Å². The number of halogens is 5. The van der Waals surface area contributed by atoms with Crippen molar-refractivity contribution in [2.75, 3.05) is 48.8 Å². The van der Waals surface area contributed by atoms with Crippen molar-refractivity contribution in [2.24, 2.45) is 0 Å². The summed E-state index contributed by atoms with van der Waals surface area (Å²) in [6.45, 7) is 3.13. The van der Waals surface area contributed by atoms with Crippen LogP contribution in [0, 0.1) is 17.1 Å². The maximum absolute atomic E-state index is 14.8. The molecule has 0 atom stereocenters. The second-order valence-corrected chi connectivity index (χ2v) is 15.7. The number of piperazine rings is 1. The van der Waals surface area contributed by atoms with Gasteiger partial charge in [-0.25, -0.2) is 4.39 Å². The third-order valence-corrected chi connectivity index (χ3v) is 6.13. The van der Waals surface area contributed by atoms with E-state index in [-0.39, 0.29) is 22.2 Å². The minimum absolute atomic E-state index is 0.156. The number of hydrogen-bond donors (Lipinski definition) is 2. The molecule has 0 spiro atoms. The van der Waals surface area contributed by atoms with Crippen LogP contribution in [0.1, 0.15) is 26.3 Å². The Balaban J connectivity index is 0.000000810. The van der Waals surface area contributed by atoms with Gasteiger partial charge in [0.1, 0.15) is 5.82 Å². The molecule has 0 radical (unpaired) electrons. The molecule has 0 aromatic heterocycles. The molecule has 1 aliphatic rings. The fraction of sp³-hybridized carbons (Fsp3) is 0.192. The Morgan fingerprint density at radius 3 is 2.05 bits per heavy atom. The lowest BCUT2D eigenvalue weighted by atomic mass is 10.1. The molecule has 14 heteroatoms. The van der Waals surface area contributed by atoms with Crippen molar-refractivity contribution in [2.45, 2.75) is 0 Å². The van der Waals surface area contributed by atoms with Gasteiger partial charge in [-0.2, -0.15) is 5.26 Å². The van der Waals surface area contributed by atoms with Crippen LogP contribution in [0.2, 0.25) is 5.02 Å². The maximum Gasteiger partial charge on any atom is 0.339 e. The van der Waals surface area contributed by atoms with Gasteiger partial charge in [0.15, 0.2) is 0 Å². The molecule has 1 fully saturated rings. The first-order valence-electron chi connectivity index (χ1n) is 11.7. The largest absolute Gasteiger partial charge is 0.367 e. The lowest BCUT2D eigenvalue weighted by Gasteiger charge is -2.34. The van der Waals surface area contributed by atoms with E-state index in [0.29, 0.717) is 22.5 Å². The highest BCUT2D eigenvalue weighted by Crippen LogP contribution is 2.61. The monoisotopic (exact) mass is 643 g/mol. The standard InChI is InChI=1S/C26H23ClFN5O2.Cl3OP/c1-32-10-12-33(13-11-32)24-9-6-19(14-22(24)28)26(35)31-23-15-20(7-8-21(23)27)30-25(34)18-4-2-17(16-29)3-5-18;1-5(2,3)4/h2-9,14-15H,10-13H2,1H3,(H,30,34)(H,31,35);. The SMILES string of the molecule is CN1CCN(c2ccc(C(=O)Nc3cc(NC(=O)c4ccc(C#N)cc4)ccc3Cl)cc2F)CC1.O=P(Cl)(Cl)Cl. The van der Waals surface area contributed by atoms with Gasteiger partial charge in [-0.1, -0.05) is 11.6 Å². The second-order valence-electron chi connectivity index (χ2n) is 8.65. The number of anilines is 3. The number of rotatable bonds is 5. The molecule has 1 saturated heterocycles. The molecule has 2 amide bonds. The Morgan fingerprint density at radius 1 is 0.900 bits per heavy atom. The Labute approximate surface area is 250 Å². The van der Waals surface area contributed by atoms with E-state index in [1.807, 2.05) is 18.0 Å².